The fourth-order valence-corrected chi connectivity index (χ4v) is 7.20. The highest BCUT2D eigenvalue weighted by atomic mass is 31.1. The van der Waals surface area contributed by atoms with Crippen LogP contribution in [0.25, 0.3) is 0 Å². The van der Waals surface area contributed by atoms with Gasteiger partial charge in [0.1, 0.15) is 11.9 Å². The van der Waals surface area contributed by atoms with Crippen molar-refractivity contribution in [2.45, 2.75) is 66.9 Å². The van der Waals surface area contributed by atoms with Gasteiger partial charge in [-0.05, 0) is 76.4 Å². The molecule has 6 heteroatoms. The summed E-state index contributed by atoms with van der Waals surface area (Å²) in [5.74, 6) is -0.798. The lowest BCUT2D eigenvalue weighted by Crippen LogP contribution is -2.37. The van der Waals surface area contributed by atoms with E-state index in [1.54, 1.807) is 6.92 Å². The number of carbonyl (C=O) groups excluding carboxylic acids is 3. The number of hydrogen-bond acceptors (Lipinski definition) is 5. The van der Waals surface area contributed by atoms with Crippen LogP contribution in [0, 0.1) is 17.3 Å². The second-order valence-electron chi connectivity index (χ2n) is 11.8. The maximum Gasteiger partial charge on any atom is 0.339 e. The Balaban J connectivity index is 1.93. The fraction of sp³-hybridized carbons (Fsp3) is 0.400. The van der Waals surface area contributed by atoms with Crippen LogP contribution >= 0.6 is 7.92 Å². The van der Waals surface area contributed by atoms with Gasteiger partial charge in [-0.2, -0.15) is 0 Å². The minimum atomic E-state index is -1.01. The van der Waals surface area contributed by atoms with E-state index in [-0.39, 0.29) is 30.2 Å². The summed E-state index contributed by atoms with van der Waals surface area (Å²) >= 11 is 0. The first-order chi connectivity index (χ1) is 19.5. The molecule has 3 rings (SSSR count). The molecule has 0 saturated carbocycles. The smallest absolute Gasteiger partial charge is 0.339 e. The molecule has 0 aromatic heterocycles. The number of esters is 2. The molecule has 1 unspecified atom stereocenters. The van der Waals surface area contributed by atoms with E-state index in [0.29, 0.717) is 18.4 Å². The lowest BCUT2D eigenvalue weighted by atomic mass is 9.89. The van der Waals surface area contributed by atoms with Crippen molar-refractivity contribution < 1.29 is 23.9 Å². The molecule has 0 aliphatic carbocycles. The van der Waals surface area contributed by atoms with Crippen LogP contribution in [0.15, 0.2) is 84.9 Å². The van der Waals surface area contributed by atoms with Gasteiger partial charge in [-0.1, -0.05) is 92.7 Å². The van der Waals surface area contributed by atoms with Crippen LogP contribution in [-0.4, -0.2) is 30.4 Å². The van der Waals surface area contributed by atoms with Gasteiger partial charge in [0, 0.05) is 12.3 Å². The van der Waals surface area contributed by atoms with Gasteiger partial charge in [0.05, 0.1) is 17.6 Å². The Kier molecular flexibility index (Phi) is 11.8. The van der Waals surface area contributed by atoms with Gasteiger partial charge >= 0.3 is 11.9 Å². The normalized spacial score (nSPS) is 13.7. The van der Waals surface area contributed by atoms with Crippen molar-refractivity contribution in [3.63, 3.8) is 0 Å². The summed E-state index contributed by atoms with van der Waals surface area (Å²) in [7, 11) is -1.01. The Morgan fingerprint density at radius 3 is 1.85 bits per heavy atom. The number of ketones is 1. The molecule has 0 fully saturated rings. The summed E-state index contributed by atoms with van der Waals surface area (Å²) < 4.78 is 11.9. The Morgan fingerprint density at radius 1 is 0.780 bits per heavy atom. The second-order valence-corrected chi connectivity index (χ2v) is 14.0. The van der Waals surface area contributed by atoms with Crippen molar-refractivity contribution in [2.24, 2.45) is 17.3 Å². The summed E-state index contributed by atoms with van der Waals surface area (Å²) in [6.45, 7) is 11.2. The van der Waals surface area contributed by atoms with Gasteiger partial charge in [0.2, 0.25) is 0 Å². The van der Waals surface area contributed by atoms with E-state index in [2.05, 4.69) is 24.3 Å². The Hall–Kier alpha value is -3.30. The molecule has 0 N–H and O–H groups in total. The van der Waals surface area contributed by atoms with E-state index in [4.69, 9.17) is 9.47 Å². The third-order valence-corrected chi connectivity index (χ3v) is 9.54. The van der Waals surface area contributed by atoms with Crippen molar-refractivity contribution in [2.75, 3.05) is 6.61 Å². The van der Waals surface area contributed by atoms with Crippen LogP contribution in [-0.2, 0) is 19.1 Å². The molecule has 0 aliphatic heterocycles. The summed E-state index contributed by atoms with van der Waals surface area (Å²) in [5.41, 5.74) is -0.0876. The van der Waals surface area contributed by atoms with Gasteiger partial charge in [-0.15, -0.1) is 0 Å². The van der Waals surface area contributed by atoms with E-state index < -0.39 is 25.4 Å². The molecule has 0 aliphatic rings. The van der Waals surface area contributed by atoms with E-state index in [1.165, 1.54) is 0 Å². The molecule has 0 spiro atoms. The van der Waals surface area contributed by atoms with Gasteiger partial charge in [-0.3, -0.25) is 4.79 Å². The minimum Gasteiger partial charge on any atom is -0.465 e. The summed E-state index contributed by atoms with van der Waals surface area (Å²) in [6.07, 6.45) is 1.43. The molecule has 0 bridgehead atoms. The quantitative estimate of drug-likeness (QED) is 0.170. The number of rotatable bonds is 13. The first-order valence-corrected chi connectivity index (χ1v) is 15.7. The number of Topliss-reactive ketones (excluding diaryl/α,β-unsaturated/α-hetero) is 1. The molecule has 0 amide bonds. The average molecular weight is 575 g/mol. The fourth-order valence-electron chi connectivity index (χ4n) is 4.76. The first kappa shape index (κ1) is 32.2. The number of benzene rings is 3. The monoisotopic (exact) mass is 574 g/mol. The Labute approximate surface area is 246 Å². The van der Waals surface area contributed by atoms with Crippen LogP contribution in [0.3, 0.4) is 0 Å². The predicted molar refractivity (Wildman–Crippen MR) is 168 cm³/mol. The number of carbonyl (C=O) groups is 3. The van der Waals surface area contributed by atoms with Gasteiger partial charge < -0.3 is 14.3 Å². The first-order valence-electron chi connectivity index (χ1n) is 14.4. The summed E-state index contributed by atoms with van der Waals surface area (Å²) in [6, 6.07) is 28.2. The predicted octanol–water partition coefficient (Wildman–Crippen LogP) is 6.59. The van der Waals surface area contributed by atoms with E-state index in [9.17, 15) is 14.4 Å². The molecule has 3 aromatic rings. The SMILES string of the molecule is CC(=O)CCC[C@@H](C)[C@H](OC(=O)c1ccccc1P(c1ccccc1)c1ccccc1)C(C)COC(=O)C(C)(C)C. The second kappa shape index (κ2) is 15.1. The minimum absolute atomic E-state index is 0.0291. The van der Waals surface area contributed by atoms with Gasteiger partial charge in [0.15, 0.2) is 0 Å². The molecule has 3 aromatic carbocycles. The molecule has 0 heterocycles. The molecule has 3 atom stereocenters. The van der Waals surface area contributed by atoms with Crippen LogP contribution in [0.2, 0.25) is 0 Å². The highest BCUT2D eigenvalue weighted by Gasteiger charge is 2.32. The topological polar surface area (TPSA) is 69.7 Å². The maximum absolute atomic E-state index is 14.0. The van der Waals surface area contributed by atoms with Crippen molar-refractivity contribution in [3.05, 3.63) is 90.5 Å². The van der Waals surface area contributed by atoms with E-state index in [1.807, 2.05) is 95.3 Å². The standard InChI is InChI=1S/C35H43O5P/c1-25(16-15-17-27(3)36)32(26(2)24-39-34(38)35(4,5)6)40-33(37)30-22-13-14-23-31(30)41(28-18-9-7-10-19-28)29-20-11-8-12-21-29/h7-14,18-23,25-26,32H,15-17,24H2,1-6H3/t25-,26?,32+/m1/s1. The molecular weight excluding hydrogens is 531 g/mol. The zero-order chi connectivity index (χ0) is 30.0. The van der Waals surface area contributed by atoms with E-state index in [0.717, 1.165) is 22.3 Å². The van der Waals surface area contributed by atoms with Crippen molar-refractivity contribution in [3.8, 4) is 0 Å². The molecule has 41 heavy (non-hydrogen) atoms. The number of hydrogen-bond donors (Lipinski definition) is 0. The lowest BCUT2D eigenvalue weighted by molar-refractivity contribution is -0.155. The molecule has 0 radical (unpaired) electrons. The molecule has 218 valence electrons. The summed E-state index contributed by atoms with van der Waals surface area (Å²) in [4.78, 5) is 38.0. The van der Waals surface area contributed by atoms with Crippen LogP contribution < -0.4 is 15.9 Å². The third-order valence-electron chi connectivity index (χ3n) is 7.04. The van der Waals surface area contributed by atoms with Gasteiger partial charge in [0.25, 0.3) is 0 Å². The molecule has 5 nitrogen and oxygen atoms in total. The summed E-state index contributed by atoms with van der Waals surface area (Å²) in [5, 5.41) is 3.22. The van der Waals surface area contributed by atoms with Crippen molar-refractivity contribution in [1.29, 1.82) is 0 Å². The zero-order valence-electron chi connectivity index (χ0n) is 25.1. The van der Waals surface area contributed by atoms with Gasteiger partial charge in [-0.25, -0.2) is 4.79 Å². The highest BCUT2D eigenvalue weighted by Crippen LogP contribution is 2.35. The van der Waals surface area contributed by atoms with Crippen molar-refractivity contribution >= 4 is 41.6 Å². The molecular formula is C35H43O5P. The Morgan fingerprint density at radius 2 is 1.32 bits per heavy atom. The van der Waals surface area contributed by atoms with Crippen molar-refractivity contribution in [1.82, 2.24) is 0 Å². The Bertz CT molecular complexity index is 1240. The highest BCUT2D eigenvalue weighted by molar-refractivity contribution is 7.80. The van der Waals surface area contributed by atoms with E-state index >= 15 is 0 Å². The van der Waals surface area contributed by atoms with Crippen LogP contribution in [0.1, 0.15) is 71.2 Å². The van der Waals surface area contributed by atoms with Crippen LogP contribution in [0.4, 0.5) is 0 Å². The average Bonchev–Trinajstić information content (AvgIpc) is 2.95. The number of ether oxygens (including phenoxy) is 2. The maximum atomic E-state index is 14.0. The third kappa shape index (κ3) is 9.36. The molecule has 0 saturated heterocycles. The largest absolute Gasteiger partial charge is 0.465 e. The lowest BCUT2D eigenvalue weighted by Gasteiger charge is -2.31. The van der Waals surface area contributed by atoms with Crippen LogP contribution in [0.5, 0.6) is 0 Å². The zero-order valence-corrected chi connectivity index (χ0v) is 26.0.